The van der Waals surface area contributed by atoms with Gasteiger partial charge in [0.2, 0.25) is 0 Å². The zero-order valence-corrected chi connectivity index (χ0v) is 38.4. The summed E-state index contributed by atoms with van der Waals surface area (Å²) in [6.07, 6.45) is 5.67. The van der Waals surface area contributed by atoms with Crippen LogP contribution >= 0.6 is 0 Å². The maximum Gasteiger partial charge on any atom is 0.519 e. The molecule has 5 aliphatic rings. The molecular formula is C52H64O11. The lowest BCUT2D eigenvalue weighted by atomic mass is 9.33. The van der Waals surface area contributed by atoms with E-state index in [1.807, 2.05) is 80.6 Å². The van der Waals surface area contributed by atoms with E-state index >= 15 is 4.79 Å². The van der Waals surface area contributed by atoms with Gasteiger partial charge in [-0.15, -0.1) is 0 Å². The lowest BCUT2D eigenvalue weighted by Gasteiger charge is -2.70. The van der Waals surface area contributed by atoms with Crippen LogP contribution in [0.1, 0.15) is 148 Å². The van der Waals surface area contributed by atoms with Crippen molar-refractivity contribution in [1.29, 1.82) is 0 Å². The molecule has 0 saturated heterocycles. The number of ketones is 1. The van der Waals surface area contributed by atoms with Crippen LogP contribution < -0.4 is 5.82 Å². The van der Waals surface area contributed by atoms with Crippen LogP contribution in [0.15, 0.2) is 85.9 Å². The van der Waals surface area contributed by atoms with Crippen molar-refractivity contribution in [2.45, 2.75) is 138 Å². The van der Waals surface area contributed by atoms with Crippen molar-refractivity contribution in [3.63, 3.8) is 0 Å². The Hall–Kier alpha value is -4.93. The molecule has 0 radical (unpaired) electrons. The predicted octanol–water partition coefficient (Wildman–Crippen LogP) is 10.8. The van der Waals surface area contributed by atoms with E-state index in [4.69, 9.17) is 27.8 Å². The van der Waals surface area contributed by atoms with Gasteiger partial charge in [0.15, 0.2) is 30.0 Å². The minimum Gasteiger partial charge on any atom is -0.457 e. The lowest BCUT2D eigenvalue weighted by Crippen LogP contribution is -2.68. The van der Waals surface area contributed by atoms with Crippen molar-refractivity contribution in [2.24, 2.45) is 50.2 Å². The molecule has 3 aromatic rings. The molecule has 0 bridgehead atoms. The van der Waals surface area contributed by atoms with Gasteiger partial charge in [0.05, 0.1) is 12.5 Å². The van der Waals surface area contributed by atoms with Crippen LogP contribution in [-0.2, 0) is 39.9 Å². The summed E-state index contributed by atoms with van der Waals surface area (Å²) in [5, 5.41) is 0. The summed E-state index contributed by atoms with van der Waals surface area (Å²) in [6, 6.07) is 19.8. The Kier molecular flexibility index (Phi) is 11.3. The standard InChI is InChI=1S/C52H64O11/c1-31(2)40-37(60-46(57)63-40)30-59-44(55)52(8)38-20-23-51(7)42(49(38,5)22-21-39(52)61-45(56)58-9)36(53)28-34-35-29-48(4,25-24-47(35,3)26-27-50(34,51)6)43(54)62-41(32-16-12-10-13-17-32)33-18-14-11-15-19-33/h10-19,28,31,35,38-39,41-42H,20-27,29-30H2,1-9H3/t35-,38?,39-,42+,47+,48-,49-,50+,51+,52-/m0/s1. The lowest BCUT2D eigenvalue weighted by molar-refractivity contribution is -0.220. The number of hydrogen-bond acceptors (Lipinski definition) is 11. The Morgan fingerprint density at radius 3 is 2.03 bits per heavy atom. The number of methoxy groups -OCH3 is 1. The summed E-state index contributed by atoms with van der Waals surface area (Å²) >= 11 is 0. The topological polar surface area (TPSA) is 149 Å². The van der Waals surface area contributed by atoms with E-state index < -0.39 is 63.7 Å². The number of rotatable bonds is 9. The number of allylic oxidation sites excluding steroid dienone is 2. The first kappa shape index (κ1) is 44.7. The van der Waals surface area contributed by atoms with Crippen LogP contribution in [-0.4, -0.2) is 37.1 Å². The molecule has 0 spiro atoms. The van der Waals surface area contributed by atoms with Gasteiger partial charge in [0.1, 0.15) is 11.5 Å². The second kappa shape index (κ2) is 15.9. The molecule has 4 saturated carbocycles. The average molecular weight is 865 g/mol. The summed E-state index contributed by atoms with van der Waals surface area (Å²) in [6.45, 7) is 16.3. The van der Waals surface area contributed by atoms with Gasteiger partial charge in [-0.2, -0.15) is 0 Å². The Morgan fingerprint density at radius 1 is 0.778 bits per heavy atom. The van der Waals surface area contributed by atoms with Crippen LogP contribution in [0.3, 0.4) is 0 Å². The molecule has 11 heteroatoms. The van der Waals surface area contributed by atoms with Gasteiger partial charge < -0.3 is 27.8 Å². The first-order chi connectivity index (χ1) is 29.7. The van der Waals surface area contributed by atoms with E-state index in [1.54, 1.807) is 6.92 Å². The van der Waals surface area contributed by atoms with Crippen LogP contribution in [0.2, 0.25) is 0 Å². The molecule has 10 atom stereocenters. The molecule has 1 unspecified atom stereocenters. The fourth-order valence-corrected chi connectivity index (χ4v) is 13.6. The fraction of sp³-hybridized carbons (Fsp3) is 0.596. The van der Waals surface area contributed by atoms with Crippen molar-refractivity contribution in [3.8, 4) is 0 Å². The van der Waals surface area contributed by atoms with E-state index in [2.05, 4.69) is 34.6 Å². The second-order valence-electron chi connectivity index (χ2n) is 21.2. The highest BCUT2D eigenvalue weighted by Gasteiger charge is 2.72. The largest absolute Gasteiger partial charge is 0.519 e. The molecule has 11 nitrogen and oxygen atoms in total. The molecule has 0 amide bonds. The van der Waals surface area contributed by atoms with Crippen LogP contribution in [0.5, 0.6) is 0 Å². The van der Waals surface area contributed by atoms with Crippen molar-refractivity contribution in [3.05, 3.63) is 106 Å². The number of ether oxygens (including phenoxy) is 4. The number of benzene rings is 2. The quantitative estimate of drug-likeness (QED) is 0.149. The van der Waals surface area contributed by atoms with E-state index in [0.29, 0.717) is 44.3 Å². The van der Waals surface area contributed by atoms with Crippen molar-refractivity contribution in [2.75, 3.05) is 7.11 Å². The first-order valence-electron chi connectivity index (χ1n) is 22.9. The molecule has 5 aliphatic carbocycles. The Balaban J connectivity index is 1.11. The molecule has 8 rings (SSSR count). The van der Waals surface area contributed by atoms with Crippen LogP contribution in [0.25, 0.3) is 0 Å². The Labute approximate surface area is 370 Å². The summed E-state index contributed by atoms with van der Waals surface area (Å²) in [4.78, 5) is 69.4. The normalized spacial score (nSPS) is 35.9. The smallest absolute Gasteiger partial charge is 0.457 e. The van der Waals surface area contributed by atoms with Crippen LogP contribution in [0.4, 0.5) is 4.79 Å². The van der Waals surface area contributed by atoms with Crippen molar-refractivity contribution < 1.29 is 47.0 Å². The molecule has 0 N–H and O–H groups in total. The third-order valence-electron chi connectivity index (χ3n) is 17.5. The molecule has 338 valence electrons. The minimum atomic E-state index is -1.37. The SMILES string of the molecule is COC(=O)O[C@H]1CC[C@@]2(C)C(CC[C@]3(C)[C@@H]2C(=O)C=C2[C@@H]4C[C@@](C)(C(=O)OC(c5ccccc5)c5ccccc5)CC[C@]4(C)CC[C@]23C)[C@]1(C)C(=O)OCc1oc(=O)oc1C(C)C. The molecule has 0 aliphatic heterocycles. The number of fused-ring (bicyclic) bond motifs is 7. The maximum absolute atomic E-state index is 15.3. The zero-order chi connectivity index (χ0) is 45.3. The summed E-state index contributed by atoms with van der Waals surface area (Å²) < 4.78 is 33.9. The highest BCUT2D eigenvalue weighted by Crippen LogP contribution is 2.75. The number of esters is 2. The van der Waals surface area contributed by atoms with Gasteiger partial charge in [0, 0.05) is 11.8 Å². The second-order valence-corrected chi connectivity index (χ2v) is 21.2. The molecule has 63 heavy (non-hydrogen) atoms. The van der Waals surface area contributed by atoms with Crippen molar-refractivity contribution in [1.82, 2.24) is 0 Å². The number of hydrogen-bond donors (Lipinski definition) is 0. The molecule has 1 aromatic heterocycles. The minimum absolute atomic E-state index is 0.00940. The van der Waals surface area contributed by atoms with Gasteiger partial charge in [-0.05, 0) is 122 Å². The molecule has 1 heterocycles. The Morgan fingerprint density at radius 2 is 1.41 bits per heavy atom. The third-order valence-corrected chi connectivity index (χ3v) is 17.5. The van der Waals surface area contributed by atoms with Gasteiger partial charge >= 0.3 is 23.9 Å². The monoisotopic (exact) mass is 864 g/mol. The first-order valence-corrected chi connectivity index (χ1v) is 22.9. The van der Waals surface area contributed by atoms with Gasteiger partial charge in [-0.3, -0.25) is 14.4 Å². The summed E-state index contributed by atoms with van der Waals surface area (Å²) in [5.74, 6) is -2.28. The van der Waals surface area contributed by atoms with Gasteiger partial charge in [-0.25, -0.2) is 9.59 Å². The van der Waals surface area contributed by atoms with Crippen LogP contribution in [0, 0.1) is 50.2 Å². The predicted molar refractivity (Wildman–Crippen MR) is 233 cm³/mol. The summed E-state index contributed by atoms with van der Waals surface area (Å²) in [5.41, 5.74) is -0.791. The van der Waals surface area contributed by atoms with Crippen molar-refractivity contribution >= 4 is 23.9 Å². The van der Waals surface area contributed by atoms with Gasteiger partial charge in [0.25, 0.3) is 0 Å². The fourth-order valence-electron chi connectivity index (χ4n) is 13.6. The van der Waals surface area contributed by atoms with E-state index in [-0.39, 0.29) is 46.8 Å². The van der Waals surface area contributed by atoms with E-state index in [0.717, 1.165) is 36.0 Å². The summed E-state index contributed by atoms with van der Waals surface area (Å²) in [7, 11) is 1.23. The molecule has 2 aromatic carbocycles. The molecule has 4 fully saturated rings. The van der Waals surface area contributed by atoms with E-state index in [9.17, 15) is 19.2 Å². The zero-order valence-electron chi connectivity index (χ0n) is 38.4. The number of carbonyl (C=O) groups excluding carboxylic acids is 4. The van der Waals surface area contributed by atoms with E-state index in [1.165, 1.54) is 7.11 Å². The number of carbonyl (C=O) groups is 4. The van der Waals surface area contributed by atoms with Gasteiger partial charge in [-0.1, -0.05) is 108 Å². The average Bonchev–Trinajstić information content (AvgIpc) is 3.65. The Bertz CT molecular complexity index is 2300. The molecular weight excluding hydrogens is 801 g/mol. The highest BCUT2D eigenvalue weighted by molar-refractivity contribution is 5.96. The highest BCUT2D eigenvalue weighted by atomic mass is 16.7. The maximum atomic E-state index is 15.3. The third kappa shape index (κ3) is 7.11.